The van der Waals surface area contributed by atoms with Gasteiger partial charge < -0.3 is 4.57 Å². The highest BCUT2D eigenvalue weighted by Gasteiger charge is 2.30. The second-order valence-corrected chi connectivity index (χ2v) is 10.2. The molecule has 0 unspecified atom stereocenters. The van der Waals surface area contributed by atoms with E-state index < -0.39 is 10.0 Å². The maximum atomic E-state index is 12.9. The van der Waals surface area contributed by atoms with E-state index in [4.69, 9.17) is 0 Å². The number of benzene rings is 2. The Morgan fingerprint density at radius 1 is 1.10 bits per heavy atom. The summed E-state index contributed by atoms with van der Waals surface area (Å²) in [5.74, 6) is -0.387. The van der Waals surface area contributed by atoms with Crippen LogP contribution in [0.2, 0.25) is 0 Å². The van der Waals surface area contributed by atoms with E-state index in [0.717, 1.165) is 29.5 Å². The molecule has 4 rings (SSSR count). The molecule has 29 heavy (non-hydrogen) atoms. The van der Waals surface area contributed by atoms with E-state index in [2.05, 4.69) is 4.99 Å². The Hall–Kier alpha value is -2.29. The maximum absolute atomic E-state index is 12.9. The van der Waals surface area contributed by atoms with E-state index >= 15 is 0 Å². The quantitative estimate of drug-likeness (QED) is 0.639. The molecule has 6 nitrogen and oxygen atoms in total. The van der Waals surface area contributed by atoms with Crippen LogP contribution >= 0.6 is 11.3 Å². The van der Waals surface area contributed by atoms with Crippen LogP contribution < -0.4 is 4.80 Å². The van der Waals surface area contributed by atoms with Crippen molar-refractivity contribution in [1.29, 1.82) is 0 Å². The summed E-state index contributed by atoms with van der Waals surface area (Å²) >= 11 is 1.45. The van der Waals surface area contributed by atoms with E-state index in [1.165, 1.54) is 23.5 Å². The number of amides is 1. The van der Waals surface area contributed by atoms with Crippen LogP contribution in [-0.4, -0.2) is 35.8 Å². The van der Waals surface area contributed by atoms with Gasteiger partial charge >= 0.3 is 0 Å². The lowest BCUT2D eigenvalue weighted by Gasteiger charge is -2.32. The van der Waals surface area contributed by atoms with E-state index in [0.29, 0.717) is 16.9 Å². The van der Waals surface area contributed by atoms with Gasteiger partial charge in [-0.3, -0.25) is 4.79 Å². The molecule has 2 aromatic carbocycles. The number of aryl methyl sites for hydroxylation is 1. The first kappa shape index (κ1) is 20.0. The van der Waals surface area contributed by atoms with Gasteiger partial charge in [0.1, 0.15) is 0 Å². The summed E-state index contributed by atoms with van der Waals surface area (Å²) in [4.78, 5) is 17.7. The molecule has 2 heterocycles. The largest absolute Gasteiger partial charge is 0.319 e. The van der Waals surface area contributed by atoms with Gasteiger partial charge in [-0.2, -0.15) is 9.30 Å². The van der Waals surface area contributed by atoms with Crippen molar-refractivity contribution in [3.05, 3.63) is 58.9 Å². The minimum atomic E-state index is -3.55. The number of sulfonamides is 1. The summed E-state index contributed by atoms with van der Waals surface area (Å²) in [5.41, 5.74) is 1.38. The SMILES string of the molecule is C[C@H]1CCCCN1S(=O)(=O)c1ccc(C(=O)N=c2sc3ccccc3n2C)cc1. The molecular formula is C21H23N3O3S2. The second-order valence-electron chi connectivity index (χ2n) is 7.31. The fraction of sp³-hybridized carbons (Fsp3) is 0.333. The third kappa shape index (κ3) is 3.80. The molecule has 8 heteroatoms. The van der Waals surface area contributed by atoms with Gasteiger partial charge in [0.05, 0.1) is 15.1 Å². The zero-order valence-corrected chi connectivity index (χ0v) is 18.0. The predicted octanol–water partition coefficient (Wildman–Crippen LogP) is 3.54. The van der Waals surface area contributed by atoms with Crippen molar-refractivity contribution in [2.75, 3.05) is 6.54 Å². The number of rotatable bonds is 3. The molecular weight excluding hydrogens is 406 g/mol. The lowest BCUT2D eigenvalue weighted by atomic mass is 10.1. The number of carbonyl (C=O) groups is 1. The number of fused-ring (bicyclic) bond motifs is 1. The Morgan fingerprint density at radius 3 is 2.52 bits per heavy atom. The van der Waals surface area contributed by atoms with Crippen molar-refractivity contribution in [3.63, 3.8) is 0 Å². The molecule has 0 saturated carbocycles. The van der Waals surface area contributed by atoms with Crippen molar-refractivity contribution >= 4 is 37.5 Å². The molecule has 1 amide bonds. The van der Waals surface area contributed by atoms with Crippen LogP contribution in [0, 0.1) is 0 Å². The molecule has 3 aromatic rings. The fourth-order valence-corrected chi connectivity index (χ4v) is 6.39. The van der Waals surface area contributed by atoms with E-state index in [9.17, 15) is 13.2 Å². The lowest BCUT2D eigenvalue weighted by molar-refractivity contribution is 0.0998. The molecule has 1 saturated heterocycles. The molecule has 0 N–H and O–H groups in total. The standard InChI is InChI=1S/C21H23N3O3S2/c1-15-7-5-6-14-24(15)29(26,27)17-12-10-16(11-13-17)20(25)22-21-23(2)18-8-3-4-9-19(18)28-21/h3-4,8-13,15H,5-7,14H2,1-2H3/t15-/m0/s1. The molecule has 1 aromatic heterocycles. The first-order valence-corrected chi connectivity index (χ1v) is 11.9. The van der Waals surface area contributed by atoms with Crippen LogP contribution in [0.25, 0.3) is 10.2 Å². The zero-order valence-electron chi connectivity index (χ0n) is 16.4. The van der Waals surface area contributed by atoms with Crippen molar-refractivity contribution in [2.45, 2.75) is 37.1 Å². The average molecular weight is 430 g/mol. The van der Waals surface area contributed by atoms with Gasteiger partial charge in [-0.15, -0.1) is 0 Å². The van der Waals surface area contributed by atoms with Gasteiger partial charge in [0.15, 0.2) is 4.80 Å². The predicted molar refractivity (Wildman–Crippen MR) is 114 cm³/mol. The summed E-state index contributed by atoms with van der Waals surface area (Å²) < 4.78 is 30.4. The summed E-state index contributed by atoms with van der Waals surface area (Å²) in [6.07, 6.45) is 2.81. The Bertz CT molecular complexity index is 1220. The molecule has 0 aliphatic carbocycles. The van der Waals surface area contributed by atoms with Gasteiger partial charge in [0.25, 0.3) is 5.91 Å². The van der Waals surface area contributed by atoms with E-state index in [1.54, 1.807) is 16.4 Å². The fourth-order valence-electron chi connectivity index (χ4n) is 3.67. The van der Waals surface area contributed by atoms with Crippen molar-refractivity contribution in [1.82, 2.24) is 8.87 Å². The first-order valence-electron chi connectivity index (χ1n) is 9.63. The summed E-state index contributed by atoms with van der Waals surface area (Å²) in [7, 11) is -1.67. The molecule has 1 aliphatic heterocycles. The van der Waals surface area contributed by atoms with Crippen molar-refractivity contribution < 1.29 is 13.2 Å². The number of carbonyl (C=O) groups excluding carboxylic acids is 1. The Kier molecular flexibility index (Phi) is 5.42. The normalized spacial score (nSPS) is 19.0. The van der Waals surface area contributed by atoms with Crippen LogP contribution in [0.15, 0.2) is 58.4 Å². The monoisotopic (exact) mass is 429 g/mol. The van der Waals surface area contributed by atoms with E-state index in [-0.39, 0.29) is 16.8 Å². The Balaban J connectivity index is 1.62. The van der Waals surface area contributed by atoms with Crippen LogP contribution in [0.5, 0.6) is 0 Å². The molecule has 0 bridgehead atoms. The highest BCUT2D eigenvalue weighted by atomic mass is 32.2. The number of hydrogen-bond acceptors (Lipinski definition) is 4. The molecule has 152 valence electrons. The van der Waals surface area contributed by atoms with Gasteiger partial charge in [-0.05, 0) is 56.2 Å². The number of hydrogen-bond donors (Lipinski definition) is 0. The summed E-state index contributed by atoms with van der Waals surface area (Å²) in [5, 5.41) is 0. The van der Waals surface area contributed by atoms with E-state index in [1.807, 2.05) is 42.8 Å². The van der Waals surface area contributed by atoms with Crippen molar-refractivity contribution in [3.8, 4) is 0 Å². The van der Waals surface area contributed by atoms with Crippen LogP contribution in [0.4, 0.5) is 0 Å². The molecule has 0 radical (unpaired) electrons. The van der Waals surface area contributed by atoms with Gasteiger partial charge in [-0.1, -0.05) is 29.9 Å². The topological polar surface area (TPSA) is 71.7 Å². The number of para-hydroxylation sites is 1. The van der Waals surface area contributed by atoms with Gasteiger partial charge in [-0.25, -0.2) is 8.42 Å². The van der Waals surface area contributed by atoms with Crippen LogP contribution in [0.3, 0.4) is 0 Å². The Morgan fingerprint density at radius 2 is 1.83 bits per heavy atom. The molecule has 1 fully saturated rings. The number of aromatic nitrogens is 1. The minimum absolute atomic E-state index is 0.00183. The summed E-state index contributed by atoms with van der Waals surface area (Å²) in [6, 6.07) is 14.0. The smallest absolute Gasteiger partial charge is 0.279 e. The minimum Gasteiger partial charge on any atom is -0.319 e. The highest BCUT2D eigenvalue weighted by molar-refractivity contribution is 7.89. The third-order valence-electron chi connectivity index (χ3n) is 5.36. The third-order valence-corrected chi connectivity index (χ3v) is 8.50. The molecule has 1 aliphatic rings. The molecule has 1 atom stereocenters. The number of thiazole rings is 1. The number of nitrogens with zero attached hydrogens (tertiary/aromatic N) is 3. The van der Waals surface area contributed by atoms with Crippen LogP contribution in [-0.2, 0) is 17.1 Å². The maximum Gasteiger partial charge on any atom is 0.279 e. The summed E-state index contributed by atoms with van der Waals surface area (Å²) in [6.45, 7) is 2.49. The first-order chi connectivity index (χ1) is 13.9. The Labute approximate surface area is 174 Å². The van der Waals surface area contributed by atoms with Crippen LogP contribution in [0.1, 0.15) is 36.5 Å². The molecule has 0 spiro atoms. The number of piperidine rings is 1. The van der Waals surface area contributed by atoms with Crippen molar-refractivity contribution in [2.24, 2.45) is 12.0 Å². The second kappa shape index (κ2) is 7.85. The zero-order chi connectivity index (χ0) is 20.6. The van der Waals surface area contributed by atoms with Gasteiger partial charge in [0, 0.05) is 25.2 Å². The average Bonchev–Trinajstić information content (AvgIpc) is 3.04. The highest BCUT2D eigenvalue weighted by Crippen LogP contribution is 2.25. The lowest BCUT2D eigenvalue weighted by Crippen LogP contribution is -2.41. The van der Waals surface area contributed by atoms with Gasteiger partial charge in [0.2, 0.25) is 10.0 Å².